The van der Waals surface area contributed by atoms with Crippen LogP contribution in [0.1, 0.15) is 37.6 Å². The molecule has 1 N–H and O–H groups in total. The summed E-state index contributed by atoms with van der Waals surface area (Å²) in [7, 11) is 0. The fourth-order valence-electron chi connectivity index (χ4n) is 1.75. The lowest BCUT2D eigenvalue weighted by Gasteiger charge is -2.19. The first-order valence-corrected chi connectivity index (χ1v) is 5.44. The predicted molar refractivity (Wildman–Crippen MR) is 64.8 cm³/mol. The Morgan fingerprint density at radius 1 is 1.60 bits per heavy atom. The summed E-state index contributed by atoms with van der Waals surface area (Å²) in [5.74, 6) is 0. The molecule has 15 heavy (non-hydrogen) atoms. The van der Waals surface area contributed by atoms with Crippen LogP contribution in [0.4, 0.5) is 0 Å². The Kier molecular flexibility index (Phi) is 4.50. The number of aryl methyl sites for hydroxylation is 1. The van der Waals surface area contributed by atoms with Crippen LogP contribution in [-0.2, 0) is 0 Å². The van der Waals surface area contributed by atoms with Crippen molar-refractivity contribution in [3.63, 3.8) is 0 Å². The molecule has 1 aromatic rings. The van der Waals surface area contributed by atoms with Gasteiger partial charge in [-0.2, -0.15) is 0 Å². The van der Waals surface area contributed by atoms with Gasteiger partial charge in [0, 0.05) is 17.9 Å². The van der Waals surface area contributed by atoms with Gasteiger partial charge in [0.1, 0.15) is 0 Å². The zero-order chi connectivity index (χ0) is 11.3. The van der Waals surface area contributed by atoms with E-state index < -0.39 is 0 Å². The first-order valence-electron chi connectivity index (χ1n) is 5.44. The van der Waals surface area contributed by atoms with Crippen LogP contribution >= 0.6 is 0 Å². The minimum Gasteiger partial charge on any atom is -0.310 e. The van der Waals surface area contributed by atoms with E-state index in [1.54, 1.807) is 0 Å². The summed E-state index contributed by atoms with van der Waals surface area (Å²) >= 11 is 0. The Labute approximate surface area is 92.4 Å². The number of pyridine rings is 1. The second-order valence-electron chi connectivity index (χ2n) is 3.95. The molecule has 0 aliphatic carbocycles. The maximum atomic E-state index is 4.32. The van der Waals surface area contributed by atoms with E-state index >= 15 is 0 Å². The molecule has 2 heteroatoms. The molecular formula is C13H20N2. The Morgan fingerprint density at radius 3 is 2.87 bits per heavy atom. The highest BCUT2D eigenvalue weighted by Gasteiger charge is 2.12. The van der Waals surface area contributed by atoms with Crippen LogP contribution in [0, 0.1) is 6.92 Å². The average molecular weight is 204 g/mol. The molecule has 0 saturated heterocycles. The Morgan fingerprint density at radius 2 is 2.33 bits per heavy atom. The minimum absolute atomic E-state index is 0.348. The molecule has 0 spiro atoms. The highest BCUT2D eigenvalue weighted by atomic mass is 14.9. The minimum atomic E-state index is 0.348. The van der Waals surface area contributed by atoms with Crippen molar-refractivity contribution in [1.29, 1.82) is 0 Å². The number of nitrogens with one attached hydrogen (secondary N) is 1. The van der Waals surface area contributed by atoms with Gasteiger partial charge in [0.2, 0.25) is 0 Å². The van der Waals surface area contributed by atoms with E-state index in [1.165, 1.54) is 11.1 Å². The van der Waals surface area contributed by atoms with Crippen LogP contribution in [0.2, 0.25) is 0 Å². The molecule has 1 atom stereocenters. The Balaban J connectivity index is 2.88. The fraction of sp³-hybridized carbons (Fsp3) is 0.462. The number of hydrogen-bond donors (Lipinski definition) is 1. The second-order valence-corrected chi connectivity index (χ2v) is 3.95. The Bertz CT molecular complexity index is 331. The molecule has 1 rings (SSSR count). The summed E-state index contributed by atoms with van der Waals surface area (Å²) in [5.41, 5.74) is 3.58. The molecule has 0 aliphatic rings. The summed E-state index contributed by atoms with van der Waals surface area (Å²) in [4.78, 5) is 4.32. The van der Waals surface area contributed by atoms with Crippen molar-refractivity contribution in [3.05, 3.63) is 41.7 Å². The van der Waals surface area contributed by atoms with E-state index in [-0.39, 0.29) is 0 Å². The van der Waals surface area contributed by atoms with Crippen LogP contribution in [0.3, 0.4) is 0 Å². The van der Waals surface area contributed by atoms with Gasteiger partial charge >= 0.3 is 0 Å². The summed E-state index contributed by atoms with van der Waals surface area (Å²) in [6.45, 7) is 11.2. The third kappa shape index (κ3) is 3.48. The van der Waals surface area contributed by atoms with Gasteiger partial charge in [-0.15, -0.1) is 6.58 Å². The summed E-state index contributed by atoms with van der Waals surface area (Å²) < 4.78 is 0. The van der Waals surface area contributed by atoms with Gasteiger partial charge in [-0.05, 0) is 38.4 Å². The molecule has 82 valence electrons. The molecule has 1 heterocycles. The van der Waals surface area contributed by atoms with Crippen LogP contribution in [0.25, 0.3) is 0 Å². The third-order valence-electron chi connectivity index (χ3n) is 2.43. The van der Waals surface area contributed by atoms with Crippen LogP contribution in [-0.4, -0.2) is 11.5 Å². The lowest BCUT2D eigenvalue weighted by Crippen LogP contribution is -2.22. The fourth-order valence-corrected chi connectivity index (χ4v) is 1.75. The second kappa shape index (κ2) is 5.66. The van der Waals surface area contributed by atoms with Gasteiger partial charge in [-0.25, -0.2) is 0 Å². The molecule has 0 saturated carbocycles. The number of hydrogen-bond acceptors (Lipinski definition) is 2. The van der Waals surface area contributed by atoms with Gasteiger partial charge in [0.15, 0.2) is 0 Å². The topological polar surface area (TPSA) is 24.9 Å². The lowest BCUT2D eigenvalue weighted by atomic mass is 9.99. The number of nitrogens with zero attached hydrogens (tertiary/aromatic N) is 1. The first-order chi connectivity index (χ1) is 7.15. The smallest absolute Gasteiger partial charge is 0.0420 e. The SMILES string of the molecule is C=C(C)CC(NCC)c1cccnc1C. The van der Waals surface area contributed by atoms with Crippen LogP contribution in [0.15, 0.2) is 30.5 Å². The summed E-state index contributed by atoms with van der Waals surface area (Å²) in [6.07, 6.45) is 2.81. The average Bonchev–Trinajstić information content (AvgIpc) is 2.17. The summed E-state index contributed by atoms with van der Waals surface area (Å²) in [5, 5.41) is 3.47. The van der Waals surface area contributed by atoms with E-state index in [0.29, 0.717) is 6.04 Å². The van der Waals surface area contributed by atoms with E-state index in [0.717, 1.165) is 18.7 Å². The van der Waals surface area contributed by atoms with Crippen molar-refractivity contribution in [2.24, 2.45) is 0 Å². The van der Waals surface area contributed by atoms with Crippen molar-refractivity contribution in [1.82, 2.24) is 10.3 Å². The van der Waals surface area contributed by atoms with Crippen LogP contribution in [0.5, 0.6) is 0 Å². The van der Waals surface area contributed by atoms with E-state index in [4.69, 9.17) is 0 Å². The molecule has 0 aliphatic heterocycles. The van der Waals surface area contributed by atoms with Gasteiger partial charge in [-0.1, -0.05) is 18.6 Å². The molecule has 2 nitrogen and oxygen atoms in total. The molecule has 0 aromatic carbocycles. The maximum absolute atomic E-state index is 4.32. The van der Waals surface area contributed by atoms with Crippen LogP contribution < -0.4 is 5.32 Å². The normalized spacial score (nSPS) is 12.5. The zero-order valence-corrected chi connectivity index (χ0v) is 9.88. The quantitative estimate of drug-likeness (QED) is 0.746. The van der Waals surface area contributed by atoms with Gasteiger partial charge in [-0.3, -0.25) is 4.98 Å². The third-order valence-corrected chi connectivity index (χ3v) is 2.43. The van der Waals surface area contributed by atoms with Gasteiger partial charge < -0.3 is 5.32 Å². The predicted octanol–water partition coefficient (Wildman–Crippen LogP) is 3.01. The summed E-state index contributed by atoms with van der Waals surface area (Å²) in [6, 6.07) is 4.48. The Hall–Kier alpha value is -1.15. The molecule has 0 radical (unpaired) electrons. The molecular weight excluding hydrogens is 184 g/mol. The first kappa shape index (κ1) is 11.9. The van der Waals surface area contributed by atoms with E-state index in [9.17, 15) is 0 Å². The lowest BCUT2D eigenvalue weighted by molar-refractivity contribution is 0.543. The molecule has 1 aromatic heterocycles. The van der Waals surface area contributed by atoms with Gasteiger partial charge in [0.05, 0.1) is 0 Å². The highest BCUT2D eigenvalue weighted by Crippen LogP contribution is 2.21. The molecule has 0 bridgehead atoms. The van der Waals surface area contributed by atoms with Crippen molar-refractivity contribution in [2.45, 2.75) is 33.2 Å². The van der Waals surface area contributed by atoms with Crippen molar-refractivity contribution >= 4 is 0 Å². The largest absolute Gasteiger partial charge is 0.310 e. The van der Waals surface area contributed by atoms with E-state index in [2.05, 4.69) is 43.7 Å². The molecule has 0 fully saturated rings. The monoisotopic (exact) mass is 204 g/mol. The molecule has 0 amide bonds. The van der Waals surface area contributed by atoms with Crippen molar-refractivity contribution in [2.75, 3.05) is 6.54 Å². The van der Waals surface area contributed by atoms with E-state index in [1.807, 2.05) is 12.3 Å². The number of rotatable bonds is 5. The number of aromatic nitrogens is 1. The standard InChI is InChI=1S/C13H20N2/c1-5-14-13(9-10(2)3)12-7-6-8-15-11(12)4/h6-8,13-14H,2,5,9H2,1,3-4H3. The highest BCUT2D eigenvalue weighted by molar-refractivity contribution is 5.23. The molecule has 1 unspecified atom stereocenters. The maximum Gasteiger partial charge on any atom is 0.0420 e. The van der Waals surface area contributed by atoms with Crippen molar-refractivity contribution < 1.29 is 0 Å². The van der Waals surface area contributed by atoms with Crippen molar-refractivity contribution in [3.8, 4) is 0 Å². The van der Waals surface area contributed by atoms with Gasteiger partial charge in [0.25, 0.3) is 0 Å². The zero-order valence-electron chi connectivity index (χ0n) is 9.88.